The van der Waals surface area contributed by atoms with E-state index in [1.807, 2.05) is 54.6 Å². The molecule has 0 aliphatic rings. The fourth-order valence-corrected chi connectivity index (χ4v) is 4.22. The highest BCUT2D eigenvalue weighted by atomic mass is 35.5. The normalized spacial score (nSPS) is 10.6. The lowest BCUT2D eigenvalue weighted by molar-refractivity contribution is 0.417. The zero-order valence-electron chi connectivity index (χ0n) is 16.0. The van der Waals surface area contributed by atoms with Crippen LogP contribution >= 0.6 is 34.5 Å². The van der Waals surface area contributed by atoms with E-state index in [9.17, 15) is 0 Å². The number of methoxy groups -OCH3 is 1. The SMILES string of the molecule is COc1ccccc1Nc1nnc(Cc2ccccc2Nc2c(Cl)cccc2Cl)s1. The molecule has 4 aromatic rings. The van der Waals surface area contributed by atoms with Gasteiger partial charge in [0.15, 0.2) is 0 Å². The number of anilines is 4. The van der Waals surface area contributed by atoms with Crippen molar-refractivity contribution < 1.29 is 4.74 Å². The lowest BCUT2D eigenvalue weighted by atomic mass is 10.1. The average molecular weight is 457 g/mol. The minimum atomic E-state index is 0.566. The smallest absolute Gasteiger partial charge is 0.210 e. The van der Waals surface area contributed by atoms with Crippen LogP contribution in [0.5, 0.6) is 5.75 Å². The van der Waals surface area contributed by atoms with Gasteiger partial charge in [-0.05, 0) is 35.9 Å². The maximum absolute atomic E-state index is 6.31. The number of ether oxygens (including phenoxy) is 1. The third-order valence-electron chi connectivity index (χ3n) is 4.40. The predicted octanol–water partition coefficient (Wildman–Crippen LogP) is 6.93. The molecule has 0 amide bonds. The molecule has 1 aromatic heterocycles. The van der Waals surface area contributed by atoms with Crippen LogP contribution < -0.4 is 15.4 Å². The van der Waals surface area contributed by atoms with Crippen molar-refractivity contribution in [3.05, 3.63) is 87.3 Å². The Morgan fingerprint density at radius 3 is 2.30 bits per heavy atom. The Labute approximate surface area is 188 Å². The largest absolute Gasteiger partial charge is 0.495 e. The molecular weight excluding hydrogens is 439 g/mol. The monoisotopic (exact) mass is 456 g/mol. The van der Waals surface area contributed by atoms with Crippen LogP contribution in [0.2, 0.25) is 10.0 Å². The van der Waals surface area contributed by atoms with E-state index in [0.717, 1.165) is 27.7 Å². The number of nitrogens with zero attached hydrogens (tertiary/aromatic N) is 2. The lowest BCUT2D eigenvalue weighted by Crippen LogP contribution is -1.98. The number of hydrogen-bond donors (Lipinski definition) is 2. The number of para-hydroxylation sites is 4. The Hall–Kier alpha value is -2.80. The molecule has 30 heavy (non-hydrogen) atoms. The first-order valence-electron chi connectivity index (χ1n) is 9.15. The van der Waals surface area contributed by atoms with E-state index in [0.29, 0.717) is 27.3 Å². The molecule has 2 N–H and O–H groups in total. The third-order valence-corrected chi connectivity index (χ3v) is 5.87. The van der Waals surface area contributed by atoms with Crippen molar-refractivity contribution in [2.24, 2.45) is 0 Å². The summed E-state index contributed by atoms with van der Waals surface area (Å²) in [4.78, 5) is 0. The fourth-order valence-electron chi connectivity index (χ4n) is 2.95. The van der Waals surface area contributed by atoms with Gasteiger partial charge >= 0.3 is 0 Å². The Balaban J connectivity index is 1.53. The van der Waals surface area contributed by atoms with Gasteiger partial charge < -0.3 is 15.4 Å². The van der Waals surface area contributed by atoms with Gasteiger partial charge in [-0.1, -0.05) is 70.9 Å². The molecule has 0 aliphatic carbocycles. The predicted molar refractivity (Wildman–Crippen MR) is 125 cm³/mol. The minimum Gasteiger partial charge on any atom is -0.495 e. The van der Waals surface area contributed by atoms with E-state index in [2.05, 4.69) is 20.8 Å². The number of nitrogens with one attached hydrogen (secondary N) is 2. The molecule has 0 radical (unpaired) electrons. The summed E-state index contributed by atoms with van der Waals surface area (Å²) < 4.78 is 5.38. The molecule has 0 atom stereocenters. The summed E-state index contributed by atoms with van der Waals surface area (Å²) >= 11 is 14.1. The molecule has 0 unspecified atom stereocenters. The molecule has 152 valence electrons. The zero-order valence-corrected chi connectivity index (χ0v) is 18.4. The Morgan fingerprint density at radius 1 is 0.833 bits per heavy atom. The van der Waals surface area contributed by atoms with Gasteiger partial charge in [-0.3, -0.25) is 0 Å². The summed E-state index contributed by atoms with van der Waals surface area (Å²) in [5, 5.41) is 17.9. The molecule has 3 aromatic carbocycles. The second kappa shape index (κ2) is 9.34. The summed E-state index contributed by atoms with van der Waals surface area (Å²) in [6.45, 7) is 0. The van der Waals surface area contributed by atoms with Gasteiger partial charge in [0.2, 0.25) is 5.13 Å². The van der Waals surface area contributed by atoms with Gasteiger partial charge in [-0.15, -0.1) is 10.2 Å². The van der Waals surface area contributed by atoms with Crippen LogP contribution in [0.4, 0.5) is 22.2 Å². The molecule has 0 aliphatic heterocycles. The van der Waals surface area contributed by atoms with Crippen molar-refractivity contribution in [1.82, 2.24) is 10.2 Å². The van der Waals surface area contributed by atoms with Crippen molar-refractivity contribution >= 4 is 56.7 Å². The highest BCUT2D eigenvalue weighted by molar-refractivity contribution is 7.15. The number of hydrogen-bond acceptors (Lipinski definition) is 6. The minimum absolute atomic E-state index is 0.566. The summed E-state index contributed by atoms with van der Waals surface area (Å²) in [6.07, 6.45) is 0.622. The number of rotatable bonds is 7. The van der Waals surface area contributed by atoms with Crippen molar-refractivity contribution in [2.75, 3.05) is 17.7 Å². The Morgan fingerprint density at radius 2 is 1.53 bits per heavy atom. The number of benzene rings is 3. The molecule has 5 nitrogen and oxygen atoms in total. The van der Waals surface area contributed by atoms with E-state index in [1.165, 1.54) is 11.3 Å². The van der Waals surface area contributed by atoms with Crippen LogP contribution in [0.1, 0.15) is 10.6 Å². The van der Waals surface area contributed by atoms with Crippen LogP contribution in [0.25, 0.3) is 0 Å². The quantitative estimate of drug-likeness (QED) is 0.315. The van der Waals surface area contributed by atoms with E-state index >= 15 is 0 Å². The average Bonchev–Trinajstić information content (AvgIpc) is 3.19. The summed E-state index contributed by atoms with van der Waals surface area (Å²) in [6, 6.07) is 21.1. The second-order valence-electron chi connectivity index (χ2n) is 6.38. The third kappa shape index (κ3) is 4.67. The Kier molecular flexibility index (Phi) is 6.38. The van der Waals surface area contributed by atoms with Crippen LogP contribution in [0.3, 0.4) is 0 Å². The molecule has 0 fully saturated rings. The first-order chi connectivity index (χ1) is 14.6. The van der Waals surface area contributed by atoms with E-state index in [1.54, 1.807) is 19.2 Å². The number of halogens is 2. The van der Waals surface area contributed by atoms with Crippen LogP contribution in [-0.2, 0) is 6.42 Å². The lowest BCUT2D eigenvalue weighted by Gasteiger charge is -2.13. The molecule has 0 spiro atoms. The molecule has 0 saturated heterocycles. The van der Waals surface area contributed by atoms with Crippen molar-refractivity contribution in [2.45, 2.75) is 6.42 Å². The van der Waals surface area contributed by atoms with E-state index in [4.69, 9.17) is 27.9 Å². The fraction of sp³-hybridized carbons (Fsp3) is 0.0909. The summed E-state index contributed by atoms with van der Waals surface area (Å²) in [5.41, 5.74) is 3.51. The van der Waals surface area contributed by atoms with Crippen molar-refractivity contribution in [3.8, 4) is 5.75 Å². The maximum atomic E-state index is 6.31. The first kappa shape index (κ1) is 20.5. The molecule has 4 rings (SSSR count). The molecule has 0 saturated carbocycles. The summed E-state index contributed by atoms with van der Waals surface area (Å²) in [5.74, 6) is 0.750. The Bertz CT molecular complexity index is 1150. The van der Waals surface area contributed by atoms with Crippen LogP contribution in [0.15, 0.2) is 66.7 Å². The number of aromatic nitrogens is 2. The first-order valence-corrected chi connectivity index (χ1v) is 10.7. The van der Waals surface area contributed by atoms with Crippen LogP contribution in [0, 0.1) is 0 Å². The van der Waals surface area contributed by atoms with E-state index in [-0.39, 0.29) is 0 Å². The molecule has 8 heteroatoms. The molecule has 0 bridgehead atoms. The van der Waals surface area contributed by atoms with E-state index < -0.39 is 0 Å². The highest BCUT2D eigenvalue weighted by Gasteiger charge is 2.12. The van der Waals surface area contributed by atoms with Crippen LogP contribution in [-0.4, -0.2) is 17.3 Å². The van der Waals surface area contributed by atoms with Crippen molar-refractivity contribution in [1.29, 1.82) is 0 Å². The molecule has 1 heterocycles. The maximum Gasteiger partial charge on any atom is 0.210 e. The van der Waals surface area contributed by atoms with Gasteiger partial charge in [0.05, 0.1) is 28.5 Å². The topological polar surface area (TPSA) is 59.1 Å². The van der Waals surface area contributed by atoms with Gasteiger partial charge in [0, 0.05) is 12.1 Å². The van der Waals surface area contributed by atoms with Gasteiger partial charge in [-0.25, -0.2) is 0 Å². The zero-order chi connectivity index (χ0) is 20.9. The van der Waals surface area contributed by atoms with Gasteiger partial charge in [0.25, 0.3) is 0 Å². The van der Waals surface area contributed by atoms with Gasteiger partial charge in [-0.2, -0.15) is 0 Å². The van der Waals surface area contributed by atoms with Gasteiger partial charge in [0.1, 0.15) is 10.8 Å². The standard InChI is InChI=1S/C22H18Cl2N4OS/c1-29-19-12-5-4-11-18(19)26-22-28-27-20(30-22)13-14-7-2-3-10-17(14)25-21-15(23)8-6-9-16(21)24/h2-12,25H,13H2,1H3,(H,26,28). The van der Waals surface area contributed by atoms with Crippen molar-refractivity contribution in [3.63, 3.8) is 0 Å². The highest BCUT2D eigenvalue weighted by Crippen LogP contribution is 2.35. The molecular formula is C22H18Cl2N4OS. The second-order valence-corrected chi connectivity index (χ2v) is 8.26. The summed E-state index contributed by atoms with van der Waals surface area (Å²) in [7, 11) is 1.64.